The van der Waals surface area contributed by atoms with Crippen LogP contribution in [0.15, 0.2) is 46.6 Å². The Balaban J connectivity index is 1.74. The van der Waals surface area contributed by atoms with E-state index in [9.17, 15) is 13.2 Å². The summed E-state index contributed by atoms with van der Waals surface area (Å²) in [6, 6.07) is 4.80. The van der Waals surface area contributed by atoms with Crippen molar-refractivity contribution in [3.8, 4) is 11.4 Å². The zero-order valence-electron chi connectivity index (χ0n) is 13.7. The van der Waals surface area contributed by atoms with Gasteiger partial charge in [0, 0.05) is 12.1 Å². The first kappa shape index (κ1) is 18.2. The van der Waals surface area contributed by atoms with Crippen molar-refractivity contribution in [2.75, 3.05) is 0 Å². The van der Waals surface area contributed by atoms with E-state index in [2.05, 4.69) is 26.9 Å². The van der Waals surface area contributed by atoms with Crippen LogP contribution in [0.3, 0.4) is 0 Å². The number of aryl methyl sites for hydroxylation is 1. The first-order chi connectivity index (χ1) is 12.4. The van der Waals surface area contributed by atoms with E-state index >= 15 is 0 Å². The van der Waals surface area contributed by atoms with E-state index < -0.39 is 11.7 Å². The summed E-state index contributed by atoms with van der Waals surface area (Å²) >= 11 is 1.34. The molecule has 26 heavy (non-hydrogen) atoms. The van der Waals surface area contributed by atoms with E-state index in [0.717, 1.165) is 18.0 Å². The van der Waals surface area contributed by atoms with Crippen LogP contribution in [-0.4, -0.2) is 24.9 Å². The third-order valence-electron chi connectivity index (χ3n) is 3.45. The molecule has 0 aliphatic heterocycles. The lowest BCUT2D eigenvalue weighted by Gasteiger charge is -2.06. The minimum absolute atomic E-state index is 0.107. The summed E-state index contributed by atoms with van der Waals surface area (Å²) in [5.74, 6) is 1.47. The molecule has 0 saturated heterocycles. The Labute approximate surface area is 151 Å². The number of allylic oxidation sites excluding steroid dienone is 1. The molecule has 0 N–H and O–H groups in total. The summed E-state index contributed by atoms with van der Waals surface area (Å²) in [4.78, 5) is 4.16. The molecule has 0 fully saturated rings. The van der Waals surface area contributed by atoms with Crippen molar-refractivity contribution in [3.05, 3.63) is 54.2 Å². The summed E-state index contributed by atoms with van der Waals surface area (Å²) in [6.45, 7) is 6.09. The van der Waals surface area contributed by atoms with Gasteiger partial charge in [-0.15, -0.1) is 16.8 Å². The molecule has 0 spiro atoms. The van der Waals surface area contributed by atoms with Gasteiger partial charge in [0.25, 0.3) is 0 Å². The molecule has 3 rings (SSSR count). The molecule has 2 aromatic heterocycles. The van der Waals surface area contributed by atoms with Crippen LogP contribution in [0.4, 0.5) is 13.2 Å². The van der Waals surface area contributed by atoms with Gasteiger partial charge in [-0.3, -0.25) is 0 Å². The zero-order valence-corrected chi connectivity index (χ0v) is 14.5. The smallest absolute Gasteiger partial charge is 0.338 e. The molecule has 0 aliphatic carbocycles. The Bertz CT molecular complexity index is 919. The van der Waals surface area contributed by atoms with Crippen molar-refractivity contribution in [1.82, 2.24) is 24.9 Å². The van der Waals surface area contributed by atoms with Gasteiger partial charge in [-0.2, -0.15) is 18.2 Å². The molecular weight excluding hydrogens is 367 g/mol. The van der Waals surface area contributed by atoms with Gasteiger partial charge < -0.3 is 9.09 Å². The minimum Gasteiger partial charge on any atom is -0.338 e. The van der Waals surface area contributed by atoms with Crippen molar-refractivity contribution in [3.63, 3.8) is 0 Å². The third-order valence-corrected chi connectivity index (χ3v) is 4.41. The van der Waals surface area contributed by atoms with E-state index in [1.54, 1.807) is 6.08 Å². The molecule has 3 aromatic rings. The molecule has 0 unspecified atom stereocenters. The van der Waals surface area contributed by atoms with Gasteiger partial charge in [-0.05, 0) is 19.1 Å². The number of benzene rings is 1. The highest BCUT2D eigenvalue weighted by Gasteiger charge is 2.30. The quantitative estimate of drug-likeness (QED) is 0.472. The molecule has 0 bridgehead atoms. The van der Waals surface area contributed by atoms with Crippen molar-refractivity contribution in [2.24, 2.45) is 0 Å². The van der Waals surface area contributed by atoms with Gasteiger partial charge in [-0.25, -0.2) is 0 Å². The molecule has 0 amide bonds. The lowest BCUT2D eigenvalue weighted by Crippen LogP contribution is -2.04. The SMILES string of the molecule is C=CCn1c(C)nnc1SCc1nc(-c2cccc(C(F)(F)F)c2)no1. The van der Waals surface area contributed by atoms with Crippen molar-refractivity contribution < 1.29 is 17.7 Å². The van der Waals surface area contributed by atoms with Gasteiger partial charge in [0.15, 0.2) is 5.16 Å². The fourth-order valence-corrected chi connectivity index (χ4v) is 3.03. The average molecular weight is 381 g/mol. The molecule has 136 valence electrons. The second-order valence-corrected chi connectivity index (χ2v) is 6.25. The summed E-state index contributed by atoms with van der Waals surface area (Å²) in [7, 11) is 0. The number of hydrogen-bond donors (Lipinski definition) is 0. The predicted octanol–water partition coefficient (Wildman–Crippen LogP) is 4.13. The third kappa shape index (κ3) is 3.96. The van der Waals surface area contributed by atoms with Crippen LogP contribution < -0.4 is 0 Å². The second-order valence-electron chi connectivity index (χ2n) is 5.31. The number of nitrogens with zero attached hydrogens (tertiary/aromatic N) is 5. The van der Waals surface area contributed by atoms with Crippen LogP contribution in [-0.2, 0) is 18.5 Å². The fourth-order valence-electron chi connectivity index (χ4n) is 2.20. The first-order valence-electron chi connectivity index (χ1n) is 7.52. The molecule has 2 heterocycles. The van der Waals surface area contributed by atoms with Gasteiger partial charge in [0.1, 0.15) is 5.82 Å². The van der Waals surface area contributed by atoms with Crippen LogP contribution in [0.1, 0.15) is 17.3 Å². The Morgan fingerprint density at radius 1 is 1.31 bits per heavy atom. The van der Waals surface area contributed by atoms with E-state index in [4.69, 9.17) is 4.52 Å². The summed E-state index contributed by atoms with van der Waals surface area (Å²) in [5.41, 5.74) is -0.519. The summed E-state index contributed by atoms with van der Waals surface area (Å²) < 4.78 is 45.4. The van der Waals surface area contributed by atoms with Crippen LogP contribution in [0.2, 0.25) is 0 Å². The predicted molar refractivity (Wildman–Crippen MR) is 89.3 cm³/mol. The molecular formula is C16H14F3N5OS. The average Bonchev–Trinajstić information content (AvgIpc) is 3.21. The fraction of sp³-hybridized carbons (Fsp3) is 0.250. The van der Waals surface area contributed by atoms with E-state index in [0.29, 0.717) is 17.5 Å². The van der Waals surface area contributed by atoms with E-state index in [1.807, 2.05) is 11.5 Å². The monoisotopic (exact) mass is 381 g/mol. The maximum Gasteiger partial charge on any atom is 0.416 e. The molecule has 0 saturated carbocycles. The second kappa shape index (κ2) is 7.32. The van der Waals surface area contributed by atoms with Crippen molar-refractivity contribution in [1.29, 1.82) is 0 Å². The number of alkyl halides is 3. The van der Waals surface area contributed by atoms with Crippen LogP contribution in [0.5, 0.6) is 0 Å². The number of hydrogen-bond acceptors (Lipinski definition) is 6. The number of aromatic nitrogens is 5. The molecule has 0 aliphatic rings. The van der Waals surface area contributed by atoms with Gasteiger partial charge in [0.05, 0.1) is 11.3 Å². The molecule has 10 heteroatoms. The Morgan fingerprint density at radius 3 is 2.85 bits per heavy atom. The molecule has 0 radical (unpaired) electrons. The highest BCUT2D eigenvalue weighted by molar-refractivity contribution is 7.98. The maximum atomic E-state index is 12.8. The first-order valence-corrected chi connectivity index (χ1v) is 8.50. The highest BCUT2D eigenvalue weighted by Crippen LogP contribution is 2.31. The number of thioether (sulfide) groups is 1. The zero-order chi connectivity index (χ0) is 18.7. The minimum atomic E-state index is -4.43. The Kier molecular flexibility index (Phi) is 5.12. The maximum absolute atomic E-state index is 12.8. The Morgan fingerprint density at radius 2 is 2.12 bits per heavy atom. The Hall–Kier alpha value is -2.62. The standard InChI is InChI=1S/C16H14F3N5OS/c1-3-7-24-10(2)21-22-15(24)26-9-13-20-14(23-25-13)11-5-4-6-12(8-11)16(17,18)19/h3-6,8H,1,7,9H2,2H3. The molecule has 6 nitrogen and oxygen atoms in total. The number of halogens is 3. The lowest BCUT2D eigenvalue weighted by molar-refractivity contribution is -0.137. The highest BCUT2D eigenvalue weighted by atomic mass is 32.2. The van der Waals surface area contributed by atoms with E-state index in [1.165, 1.54) is 23.9 Å². The topological polar surface area (TPSA) is 69.6 Å². The van der Waals surface area contributed by atoms with Crippen molar-refractivity contribution >= 4 is 11.8 Å². The molecule has 0 atom stereocenters. The summed E-state index contributed by atoms with van der Waals surface area (Å²) in [6.07, 6.45) is -2.69. The lowest BCUT2D eigenvalue weighted by atomic mass is 10.1. The van der Waals surface area contributed by atoms with Crippen LogP contribution >= 0.6 is 11.8 Å². The molecule has 1 aromatic carbocycles. The normalized spacial score (nSPS) is 11.7. The van der Waals surface area contributed by atoms with Gasteiger partial charge >= 0.3 is 6.18 Å². The van der Waals surface area contributed by atoms with Crippen molar-refractivity contribution in [2.45, 2.75) is 30.6 Å². The summed E-state index contributed by atoms with van der Waals surface area (Å²) in [5, 5.41) is 12.5. The van der Waals surface area contributed by atoms with Crippen LogP contribution in [0, 0.1) is 6.92 Å². The van der Waals surface area contributed by atoms with Gasteiger partial charge in [0.2, 0.25) is 11.7 Å². The largest absolute Gasteiger partial charge is 0.416 e. The van der Waals surface area contributed by atoms with Gasteiger partial charge in [-0.1, -0.05) is 35.1 Å². The number of rotatable bonds is 6. The van der Waals surface area contributed by atoms with E-state index in [-0.39, 0.29) is 17.3 Å². The van der Waals surface area contributed by atoms with Crippen LogP contribution in [0.25, 0.3) is 11.4 Å².